The molecule has 2 fully saturated rings. The van der Waals surface area contributed by atoms with Gasteiger partial charge in [-0.05, 0) is 35.9 Å². The van der Waals surface area contributed by atoms with Gasteiger partial charge in [-0.2, -0.15) is 0 Å². The van der Waals surface area contributed by atoms with E-state index in [2.05, 4.69) is 0 Å². The fourth-order valence-electron chi connectivity index (χ4n) is 4.17. The van der Waals surface area contributed by atoms with Crippen LogP contribution in [0.25, 0.3) is 0 Å². The first-order valence-electron chi connectivity index (χ1n) is 11.3. The van der Waals surface area contributed by atoms with E-state index in [4.69, 9.17) is 25.8 Å². The number of carbonyl (C=O) groups excluding carboxylic acids is 2. The van der Waals surface area contributed by atoms with Gasteiger partial charge in [0.2, 0.25) is 11.8 Å². The highest BCUT2D eigenvalue weighted by Gasteiger charge is 2.42. The summed E-state index contributed by atoms with van der Waals surface area (Å²) in [6, 6.07) is 12.9. The van der Waals surface area contributed by atoms with Crippen LogP contribution >= 0.6 is 11.6 Å². The van der Waals surface area contributed by atoms with Gasteiger partial charge in [-0.25, -0.2) is 4.39 Å². The van der Waals surface area contributed by atoms with Crippen LogP contribution in [-0.4, -0.2) is 79.8 Å². The maximum Gasteiger partial charge on any atom is 0.227 e. The molecule has 4 rings (SSSR count). The third-order valence-electron chi connectivity index (χ3n) is 6.05. The normalized spacial score (nSPS) is 20.8. The van der Waals surface area contributed by atoms with Crippen molar-refractivity contribution in [3.8, 4) is 5.75 Å². The Bertz CT molecular complexity index is 999. The van der Waals surface area contributed by atoms with Gasteiger partial charge in [-0.3, -0.25) is 9.59 Å². The number of benzene rings is 2. The van der Waals surface area contributed by atoms with E-state index in [0.29, 0.717) is 43.6 Å². The Morgan fingerprint density at radius 2 is 1.68 bits per heavy atom. The van der Waals surface area contributed by atoms with Crippen molar-refractivity contribution in [1.82, 2.24) is 9.80 Å². The van der Waals surface area contributed by atoms with Gasteiger partial charge in [0.25, 0.3) is 0 Å². The molecule has 2 aliphatic heterocycles. The lowest BCUT2D eigenvalue weighted by Crippen LogP contribution is -2.59. The molecule has 2 aromatic carbocycles. The topological polar surface area (TPSA) is 68.3 Å². The third kappa shape index (κ3) is 6.25. The standard InChI is InChI=1S/C25H28ClFN2O5/c26-22-4-2-1-3-19(22)15-23(30)29-11-14-34-25(17-29,16-24(31)28-9-12-32-13-10-28)18-33-21-7-5-20(27)6-8-21/h1-8H,9-18H2/t25-/m0/s1. The number of morpholine rings is 2. The number of carbonyl (C=O) groups is 2. The number of rotatable bonds is 7. The monoisotopic (exact) mass is 490 g/mol. The lowest BCUT2D eigenvalue weighted by atomic mass is 9.96. The van der Waals surface area contributed by atoms with Crippen LogP contribution in [0.3, 0.4) is 0 Å². The highest BCUT2D eigenvalue weighted by Crippen LogP contribution is 2.27. The molecule has 2 aliphatic rings. The first kappa shape index (κ1) is 24.4. The number of amides is 2. The van der Waals surface area contributed by atoms with E-state index in [1.54, 1.807) is 15.9 Å². The quantitative estimate of drug-likeness (QED) is 0.597. The molecular weight excluding hydrogens is 463 g/mol. The van der Waals surface area contributed by atoms with Crippen molar-refractivity contribution in [2.24, 2.45) is 0 Å². The van der Waals surface area contributed by atoms with Crippen molar-refractivity contribution >= 4 is 23.4 Å². The lowest BCUT2D eigenvalue weighted by molar-refractivity contribution is -0.167. The molecule has 0 bridgehead atoms. The fourth-order valence-corrected chi connectivity index (χ4v) is 4.37. The van der Waals surface area contributed by atoms with Crippen LogP contribution < -0.4 is 4.74 Å². The Morgan fingerprint density at radius 1 is 0.971 bits per heavy atom. The molecule has 9 heteroatoms. The minimum atomic E-state index is -1.03. The van der Waals surface area contributed by atoms with E-state index in [1.807, 2.05) is 18.2 Å². The zero-order valence-corrected chi connectivity index (χ0v) is 19.6. The number of ether oxygens (including phenoxy) is 3. The molecule has 2 heterocycles. The van der Waals surface area contributed by atoms with Crippen molar-refractivity contribution in [3.63, 3.8) is 0 Å². The van der Waals surface area contributed by atoms with Gasteiger partial charge in [0.1, 0.15) is 23.8 Å². The van der Waals surface area contributed by atoms with Crippen LogP contribution in [0.2, 0.25) is 5.02 Å². The Morgan fingerprint density at radius 3 is 2.41 bits per heavy atom. The molecule has 34 heavy (non-hydrogen) atoms. The van der Waals surface area contributed by atoms with E-state index in [0.717, 1.165) is 5.56 Å². The van der Waals surface area contributed by atoms with Crippen LogP contribution in [0.1, 0.15) is 12.0 Å². The predicted octanol–water partition coefficient (Wildman–Crippen LogP) is 2.95. The second kappa shape index (κ2) is 11.2. The zero-order chi connectivity index (χ0) is 24.0. The van der Waals surface area contributed by atoms with Crippen LogP contribution in [-0.2, 0) is 25.5 Å². The Labute approximate surface area is 203 Å². The summed E-state index contributed by atoms with van der Waals surface area (Å²) in [5.41, 5.74) is -0.281. The maximum absolute atomic E-state index is 13.3. The number of hydrogen-bond acceptors (Lipinski definition) is 5. The average Bonchev–Trinajstić information content (AvgIpc) is 2.86. The van der Waals surface area contributed by atoms with Gasteiger partial charge in [-0.15, -0.1) is 0 Å². The summed E-state index contributed by atoms with van der Waals surface area (Å²) >= 11 is 6.24. The van der Waals surface area contributed by atoms with Crippen molar-refractivity contribution in [2.45, 2.75) is 18.4 Å². The van der Waals surface area contributed by atoms with Gasteiger partial charge in [0, 0.05) is 24.7 Å². The summed E-state index contributed by atoms with van der Waals surface area (Å²) in [5, 5.41) is 0.539. The second-order valence-corrected chi connectivity index (χ2v) is 8.93. The number of hydrogen-bond donors (Lipinski definition) is 0. The van der Waals surface area contributed by atoms with Crippen LogP contribution in [0.4, 0.5) is 4.39 Å². The Balaban J connectivity index is 1.49. The first-order valence-corrected chi connectivity index (χ1v) is 11.7. The molecular formula is C25H28ClFN2O5. The summed E-state index contributed by atoms with van der Waals surface area (Å²) < 4.78 is 30.7. The van der Waals surface area contributed by atoms with Gasteiger partial charge >= 0.3 is 0 Å². The van der Waals surface area contributed by atoms with Crippen LogP contribution in [0.15, 0.2) is 48.5 Å². The van der Waals surface area contributed by atoms with Crippen molar-refractivity contribution in [2.75, 3.05) is 52.6 Å². The van der Waals surface area contributed by atoms with E-state index in [9.17, 15) is 14.0 Å². The van der Waals surface area contributed by atoms with Gasteiger partial charge in [-0.1, -0.05) is 29.8 Å². The summed E-state index contributed by atoms with van der Waals surface area (Å²) in [6.07, 6.45) is 0.218. The molecule has 0 N–H and O–H groups in total. The molecule has 0 spiro atoms. The molecule has 2 saturated heterocycles. The summed E-state index contributed by atoms with van der Waals surface area (Å²) in [7, 11) is 0. The molecule has 2 amide bonds. The molecule has 0 aliphatic carbocycles. The largest absolute Gasteiger partial charge is 0.490 e. The van der Waals surface area contributed by atoms with Crippen LogP contribution in [0, 0.1) is 5.82 Å². The maximum atomic E-state index is 13.3. The average molecular weight is 491 g/mol. The van der Waals surface area contributed by atoms with Crippen molar-refractivity contribution in [1.29, 1.82) is 0 Å². The smallest absolute Gasteiger partial charge is 0.227 e. The van der Waals surface area contributed by atoms with Gasteiger partial charge in [0.15, 0.2) is 0 Å². The molecule has 0 aromatic heterocycles. The molecule has 7 nitrogen and oxygen atoms in total. The van der Waals surface area contributed by atoms with E-state index in [-0.39, 0.29) is 50.2 Å². The summed E-state index contributed by atoms with van der Waals surface area (Å²) in [6.45, 7) is 2.96. The van der Waals surface area contributed by atoms with Crippen molar-refractivity contribution in [3.05, 3.63) is 64.9 Å². The fraction of sp³-hybridized carbons (Fsp3) is 0.440. The second-order valence-electron chi connectivity index (χ2n) is 8.53. The van der Waals surface area contributed by atoms with Gasteiger partial charge < -0.3 is 24.0 Å². The minimum absolute atomic E-state index is 0.0462. The van der Waals surface area contributed by atoms with E-state index < -0.39 is 5.60 Å². The van der Waals surface area contributed by atoms with E-state index in [1.165, 1.54) is 24.3 Å². The third-order valence-corrected chi connectivity index (χ3v) is 6.42. The van der Waals surface area contributed by atoms with Crippen LogP contribution in [0.5, 0.6) is 5.75 Å². The van der Waals surface area contributed by atoms with E-state index >= 15 is 0 Å². The number of nitrogens with zero attached hydrogens (tertiary/aromatic N) is 2. The summed E-state index contributed by atoms with van der Waals surface area (Å²) in [5.74, 6) is -0.0784. The number of halogens is 2. The molecule has 182 valence electrons. The molecule has 2 aromatic rings. The summed E-state index contributed by atoms with van der Waals surface area (Å²) in [4.78, 5) is 29.7. The minimum Gasteiger partial charge on any atom is -0.490 e. The zero-order valence-electron chi connectivity index (χ0n) is 18.9. The molecule has 0 saturated carbocycles. The highest BCUT2D eigenvalue weighted by molar-refractivity contribution is 6.31. The predicted molar refractivity (Wildman–Crippen MR) is 124 cm³/mol. The SMILES string of the molecule is O=C(C[C@@]1(COc2ccc(F)cc2)CN(C(=O)Cc2ccccc2Cl)CCO1)N1CCOCC1. The Hall–Kier alpha value is -2.68. The first-order chi connectivity index (χ1) is 16.4. The van der Waals surface area contributed by atoms with Gasteiger partial charge in [0.05, 0.1) is 39.2 Å². The molecule has 0 radical (unpaired) electrons. The highest BCUT2D eigenvalue weighted by atomic mass is 35.5. The molecule has 1 atom stereocenters. The lowest BCUT2D eigenvalue weighted by Gasteiger charge is -2.43. The Kier molecular flexibility index (Phi) is 8.03. The van der Waals surface area contributed by atoms with Crippen molar-refractivity contribution < 1.29 is 28.2 Å². The molecule has 0 unspecified atom stereocenters.